The van der Waals surface area contributed by atoms with E-state index in [2.05, 4.69) is 10.6 Å². The summed E-state index contributed by atoms with van der Waals surface area (Å²) in [6.45, 7) is 0. The Morgan fingerprint density at radius 1 is 1.12 bits per heavy atom. The van der Waals surface area contributed by atoms with Crippen LogP contribution in [0.5, 0.6) is 0 Å². The molecule has 0 saturated carbocycles. The van der Waals surface area contributed by atoms with Crippen molar-refractivity contribution in [1.82, 2.24) is 10.6 Å². The lowest BCUT2D eigenvalue weighted by Crippen LogP contribution is -2.49. The first-order chi connectivity index (χ1) is 7.70. The second kappa shape index (κ2) is 2.95. The summed E-state index contributed by atoms with van der Waals surface area (Å²) >= 11 is 0. The third-order valence-corrected chi connectivity index (χ3v) is 3.01. The molecule has 1 atom stereocenters. The Balaban J connectivity index is 2.20. The van der Waals surface area contributed by atoms with Crippen molar-refractivity contribution in [2.45, 2.75) is 12.0 Å². The van der Waals surface area contributed by atoms with Gasteiger partial charge in [0.2, 0.25) is 0 Å². The molecule has 1 heterocycles. The van der Waals surface area contributed by atoms with Crippen molar-refractivity contribution in [3.8, 4) is 0 Å². The van der Waals surface area contributed by atoms with Gasteiger partial charge in [-0.1, -0.05) is 30.3 Å². The van der Waals surface area contributed by atoms with Gasteiger partial charge in [-0.2, -0.15) is 0 Å². The summed E-state index contributed by atoms with van der Waals surface area (Å²) in [7, 11) is 0. The quantitative estimate of drug-likeness (QED) is 0.557. The van der Waals surface area contributed by atoms with Crippen molar-refractivity contribution in [2.24, 2.45) is 0 Å². The van der Waals surface area contributed by atoms with Crippen molar-refractivity contribution in [3.63, 3.8) is 0 Å². The number of nitrogens with one attached hydrogen (secondary N) is 2. The number of urea groups is 1. The van der Waals surface area contributed by atoms with Gasteiger partial charge in [0.05, 0.1) is 0 Å². The molecule has 3 rings (SSSR count). The highest BCUT2D eigenvalue weighted by Crippen LogP contribution is 2.19. The second-order valence-corrected chi connectivity index (χ2v) is 4.06. The lowest BCUT2D eigenvalue weighted by Gasteiger charge is -2.22. The maximum absolute atomic E-state index is 11.7. The molecule has 0 radical (unpaired) electrons. The summed E-state index contributed by atoms with van der Waals surface area (Å²) in [6, 6.07) is 7.37. The van der Waals surface area contributed by atoms with Crippen LogP contribution >= 0.6 is 0 Å². The maximum atomic E-state index is 11.7. The van der Waals surface area contributed by atoms with Crippen LogP contribution in [-0.2, 0) is 4.79 Å². The average Bonchev–Trinajstić information content (AvgIpc) is 2.53. The summed E-state index contributed by atoms with van der Waals surface area (Å²) in [6.07, 6.45) is 4.30. The zero-order valence-corrected chi connectivity index (χ0v) is 8.49. The van der Waals surface area contributed by atoms with E-state index in [4.69, 9.17) is 0 Å². The third-order valence-electron chi connectivity index (χ3n) is 3.01. The van der Waals surface area contributed by atoms with Gasteiger partial charge in [0.1, 0.15) is 5.54 Å². The molecular formula is C12H10N2O2. The zero-order chi connectivity index (χ0) is 11.2. The molecule has 1 aromatic rings. The van der Waals surface area contributed by atoms with Crippen LogP contribution in [0, 0.1) is 0 Å². The zero-order valence-electron chi connectivity index (χ0n) is 8.49. The monoisotopic (exact) mass is 214 g/mol. The Morgan fingerprint density at radius 3 is 2.56 bits per heavy atom. The van der Waals surface area contributed by atoms with E-state index < -0.39 is 11.6 Å². The first-order valence-electron chi connectivity index (χ1n) is 5.11. The van der Waals surface area contributed by atoms with E-state index in [1.165, 1.54) is 0 Å². The van der Waals surface area contributed by atoms with E-state index in [0.29, 0.717) is 6.42 Å². The topological polar surface area (TPSA) is 58.2 Å². The van der Waals surface area contributed by atoms with Crippen LogP contribution in [0.3, 0.4) is 0 Å². The van der Waals surface area contributed by atoms with E-state index in [1.807, 2.05) is 36.4 Å². The minimum absolute atomic E-state index is 0.275. The molecule has 2 N–H and O–H groups in total. The van der Waals surface area contributed by atoms with Gasteiger partial charge in [-0.05, 0) is 16.5 Å². The summed E-state index contributed by atoms with van der Waals surface area (Å²) < 4.78 is 0. The predicted molar refractivity (Wildman–Crippen MR) is 58.6 cm³/mol. The fraction of sp³-hybridized carbons (Fsp3) is 0.167. The highest BCUT2D eigenvalue weighted by molar-refractivity contribution is 6.11. The number of rotatable bonds is 0. The summed E-state index contributed by atoms with van der Waals surface area (Å²) in [5.74, 6) is -0.275. The van der Waals surface area contributed by atoms with Gasteiger partial charge >= 0.3 is 6.03 Å². The number of hydrogen-bond donors (Lipinski definition) is 2. The standard InChI is InChI=1S/C12H10N2O2/c15-10-12(14-11(16)13-10)6-5-8-3-1-2-4-9(8)7-12/h1-5,7H,6H2,(H2,13,14,15,16). The fourth-order valence-electron chi connectivity index (χ4n) is 2.17. The first-order valence-corrected chi connectivity index (χ1v) is 5.11. The van der Waals surface area contributed by atoms with Gasteiger partial charge in [0.25, 0.3) is 5.91 Å². The summed E-state index contributed by atoms with van der Waals surface area (Å²) in [5.41, 5.74) is -0.883. The molecule has 0 bridgehead atoms. The Labute approximate surface area is 91.7 Å². The smallest absolute Gasteiger partial charge is 0.320 e. The minimum atomic E-state index is -0.883. The van der Waals surface area contributed by atoms with Crippen LogP contribution in [0.25, 0.3) is 12.2 Å². The maximum Gasteiger partial charge on any atom is 0.322 e. The molecule has 1 fully saturated rings. The molecule has 80 valence electrons. The molecule has 2 aliphatic rings. The molecule has 1 aliphatic heterocycles. The highest BCUT2D eigenvalue weighted by Gasteiger charge is 2.44. The van der Waals surface area contributed by atoms with Crippen LogP contribution in [0.1, 0.15) is 6.42 Å². The van der Waals surface area contributed by atoms with E-state index >= 15 is 0 Å². The molecule has 1 unspecified atom stereocenters. The van der Waals surface area contributed by atoms with Crippen molar-refractivity contribution in [3.05, 3.63) is 34.7 Å². The van der Waals surface area contributed by atoms with Gasteiger partial charge < -0.3 is 5.32 Å². The van der Waals surface area contributed by atoms with Gasteiger partial charge in [0, 0.05) is 6.42 Å². The van der Waals surface area contributed by atoms with Crippen LogP contribution < -0.4 is 21.1 Å². The molecule has 1 spiro atoms. The number of carbonyl (C=O) groups excluding carboxylic acids is 2. The molecule has 1 aromatic carbocycles. The van der Waals surface area contributed by atoms with E-state index in [-0.39, 0.29) is 5.91 Å². The van der Waals surface area contributed by atoms with E-state index in [9.17, 15) is 9.59 Å². The van der Waals surface area contributed by atoms with Crippen molar-refractivity contribution in [2.75, 3.05) is 0 Å². The molecule has 16 heavy (non-hydrogen) atoms. The summed E-state index contributed by atoms with van der Waals surface area (Å²) in [4.78, 5) is 22.9. The predicted octanol–water partition coefficient (Wildman–Crippen LogP) is -0.771. The molecule has 4 nitrogen and oxygen atoms in total. The van der Waals surface area contributed by atoms with Gasteiger partial charge in [-0.3, -0.25) is 10.1 Å². The van der Waals surface area contributed by atoms with Crippen molar-refractivity contribution < 1.29 is 9.59 Å². The number of hydrogen-bond acceptors (Lipinski definition) is 2. The van der Waals surface area contributed by atoms with Crippen molar-refractivity contribution in [1.29, 1.82) is 0 Å². The van der Waals surface area contributed by atoms with Gasteiger partial charge in [-0.25, -0.2) is 4.79 Å². The Kier molecular flexibility index (Phi) is 1.68. The molecule has 0 aromatic heterocycles. The fourth-order valence-corrected chi connectivity index (χ4v) is 2.17. The lowest BCUT2D eigenvalue weighted by atomic mass is 9.89. The average molecular weight is 214 g/mol. The number of amides is 3. The molecule has 4 heteroatoms. The summed E-state index contributed by atoms with van der Waals surface area (Å²) in [5, 5.41) is 7.02. The Morgan fingerprint density at radius 2 is 1.88 bits per heavy atom. The molecular weight excluding hydrogens is 204 g/mol. The van der Waals surface area contributed by atoms with Crippen LogP contribution in [0.15, 0.2) is 24.3 Å². The van der Waals surface area contributed by atoms with Crippen LogP contribution in [-0.4, -0.2) is 17.5 Å². The SMILES string of the molecule is O=C1NC(=O)C2(C=c3ccccc3=CC2)N1. The largest absolute Gasteiger partial charge is 0.322 e. The number of benzene rings is 1. The third kappa shape index (κ3) is 1.16. The van der Waals surface area contributed by atoms with Crippen LogP contribution in [0.2, 0.25) is 0 Å². The molecule has 3 amide bonds. The van der Waals surface area contributed by atoms with Gasteiger partial charge in [0.15, 0.2) is 0 Å². The van der Waals surface area contributed by atoms with E-state index in [1.54, 1.807) is 0 Å². The number of imide groups is 1. The van der Waals surface area contributed by atoms with E-state index in [0.717, 1.165) is 10.4 Å². The minimum Gasteiger partial charge on any atom is -0.320 e. The first kappa shape index (κ1) is 9.15. The molecule has 1 aliphatic carbocycles. The van der Waals surface area contributed by atoms with Gasteiger partial charge in [-0.15, -0.1) is 0 Å². The number of fused-ring (bicyclic) bond motifs is 1. The highest BCUT2D eigenvalue weighted by atomic mass is 16.2. The number of carbonyl (C=O) groups is 2. The Bertz CT molecular complexity index is 606. The second-order valence-electron chi connectivity index (χ2n) is 4.06. The lowest BCUT2D eigenvalue weighted by molar-refractivity contribution is -0.121. The Hall–Kier alpha value is -2.10. The normalized spacial score (nSPS) is 26.5. The van der Waals surface area contributed by atoms with Crippen molar-refractivity contribution >= 4 is 24.1 Å². The van der Waals surface area contributed by atoms with Crippen LogP contribution in [0.4, 0.5) is 4.79 Å². The molecule has 1 saturated heterocycles.